The second kappa shape index (κ2) is 5.58. The van der Waals surface area contributed by atoms with E-state index in [1.807, 2.05) is 0 Å². The van der Waals surface area contributed by atoms with Crippen LogP contribution in [0.1, 0.15) is 25.0 Å². The molecule has 0 bridgehead atoms. The third-order valence-corrected chi connectivity index (χ3v) is 8.56. The summed E-state index contributed by atoms with van der Waals surface area (Å²) >= 11 is 0. The first-order valence-corrected chi connectivity index (χ1v) is 10.1. The number of sulfone groups is 1. The summed E-state index contributed by atoms with van der Waals surface area (Å²) in [6.07, 6.45) is 0. The molecule has 2 rings (SSSR count). The van der Waals surface area contributed by atoms with Crippen LogP contribution in [0.4, 0.5) is 4.39 Å². The van der Waals surface area contributed by atoms with E-state index in [0.717, 1.165) is 0 Å². The predicted octanol–water partition coefficient (Wildman–Crippen LogP) is 1.64. The topological polar surface area (TPSA) is 71.5 Å². The summed E-state index contributed by atoms with van der Waals surface area (Å²) in [6.45, 7) is 6.04. The van der Waals surface area contributed by atoms with Gasteiger partial charge >= 0.3 is 0 Å². The zero-order chi connectivity index (χ0) is 16.9. The quantitative estimate of drug-likeness (QED) is 0.814. The van der Waals surface area contributed by atoms with Crippen molar-refractivity contribution in [1.82, 2.24) is 4.31 Å². The van der Waals surface area contributed by atoms with E-state index >= 15 is 0 Å². The van der Waals surface area contributed by atoms with E-state index in [1.54, 1.807) is 6.92 Å². The Labute approximate surface area is 131 Å². The van der Waals surface area contributed by atoms with Gasteiger partial charge in [0.25, 0.3) is 0 Å². The Morgan fingerprint density at radius 3 is 2.18 bits per heavy atom. The molecule has 1 fully saturated rings. The second-order valence-corrected chi connectivity index (χ2v) is 10.2. The fourth-order valence-corrected chi connectivity index (χ4v) is 6.31. The van der Waals surface area contributed by atoms with Crippen LogP contribution in [0.3, 0.4) is 0 Å². The standard InChI is InChI=1S/C14H20FNO4S2/c1-9-7-13(8-10(2)14(9)15)22(19,20)16-5-6-21(17,18)12(4)11(16)3/h7-8,11-12H,5-6H2,1-4H3. The van der Waals surface area contributed by atoms with Gasteiger partial charge in [0.05, 0.1) is 15.9 Å². The summed E-state index contributed by atoms with van der Waals surface area (Å²) in [7, 11) is -7.13. The molecule has 1 heterocycles. The highest BCUT2D eigenvalue weighted by Gasteiger charge is 2.41. The van der Waals surface area contributed by atoms with Crippen molar-refractivity contribution >= 4 is 19.9 Å². The fraction of sp³-hybridized carbons (Fsp3) is 0.571. The molecular weight excluding hydrogens is 329 g/mol. The molecule has 0 aliphatic carbocycles. The number of halogens is 1. The monoisotopic (exact) mass is 349 g/mol. The van der Waals surface area contributed by atoms with Gasteiger partial charge in [0.15, 0.2) is 9.84 Å². The molecular formula is C14H20FNO4S2. The molecule has 1 aliphatic heterocycles. The average Bonchev–Trinajstić information content (AvgIpc) is 2.41. The average molecular weight is 349 g/mol. The van der Waals surface area contributed by atoms with E-state index in [1.165, 1.54) is 37.2 Å². The summed E-state index contributed by atoms with van der Waals surface area (Å²) in [6, 6.07) is 1.92. The van der Waals surface area contributed by atoms with Crippen LogP contribution in [0.15, 0.2) is 17.0 Å². The third-order valence-electron chi connectivity index (χ3n) is 4.31. The van der Waals surface area contributed by atoms with Crippen LogP contribution in [0.25, 0.3) is 0 Å². The molecule has 124 valence electrons. The fourth-order valence-electron chi connectivity index (χ4n) is 2.67. The molecule has 0 radical (unpaired) electrons. The van der Waals surface area contributed by atoms with Crippen molar-refractivity contribution in [3.8, 4) is 0 Å². The van der Waals surface area contributed by atoms with E-state index in [-0.39, 0.29) is 28.3 Å². The number of rotatable bonds is 2. The van der Waals surface area contributed by atoms with Crippen molar-refractivity contribution in [2.75, 3.05) is 12.3 Å². The van der Waals surface area contributed by atoms with Crippen LogP contribution >= 0.6 is 0 Å². The highest BCUT2D eigenvalue weighted by atomic mass is 32.2. The molecule has 1 aromatic carbocycles. The Balaban J connectivity index is 2.48. The number of hydrogen-bond donors (Lipinski definition) is 0. The maximum absolute atomic E-state index is 13.7. The van der Waals surface area contributed by atoms with Gasteiger partial charge < -0.3 is 0 Å². The maximum Gasteiger partial charge on any atom is 0.243 e. The van der Waals surface area contributed by atoms with E-state index in [0.29, 0.717) is 0 Å². The largest absolute Gasteiger partial charge is 0.243 e. The van der Waals surface area contributed by atoms with E-state index in [9.17, 15) is 21.2 Å². The van der Waals surface area contributed by atoms with E-state index in [4.69, 9.17) is 0 Å². The lowest BCUT2D eigenvalue weighted by Crippen LogP contribution is -2.54. The Kier molecular flexibility index (Phi) is 4.40. The summed E-state index contributed by atoms with van der Waals surface area (Å²) in [5.74, 6) is -0.627. The van der Waals surface area contributed by atoms with Gasteiger partial charge in [0, 0.05) is 12.6 Å². The van der Waals surface area contributed by atoms with Gasteiger partial charge in [-0.3, -0.25) is 0 Å². The molecule has 2 unspecified atom stereocenters. The molecule has 8 heteroatoms. The lowest BCUT2D eigenvalue weighted by molar-refractivity contribution is 0.327. The van der Waals surface area contributed by atoms with Crippen LogP contribution in [-0.4, -0.2) is 44.7 Å². The highest BCUT2D eigenvalue weighted by Crippen LogP contribution is 2.28. The van der Waals surface area contributed by atoms with E-state index < -0.39 is 37.0 Å². The first kappa shape index (κ1) is 17.4. The van der Waals surface area contributed by atoms with Crippen LogP contribution in [0, 0.1) is 19.7 Å². The molecule has 0 spiro atoms. The normalized spacial score (nSPS) is 26.0. The SMILES string of the molecule is Cc1cc(S(=O)(=O)N2CCS(=O)(=O)C(C)C2C)cc(C)c1F. The molecule has 0 N–H and O–H groups in total. The Morgan fingerprint density at radius 2 is 1.68 bits per heavy atom. The molecule has 0 saturated carbocycles. The number of sulfonamides is 1. The number of hydrogen-bond acceptors (Lipinski definition) is 4. The van der Waals surface area contributed by atoms with Gasteiger partial charge in [-0.25, -0.2) is 21.2 Å². The molecule has 0 amide bonds. The molecule has 1 saturated heterocycles. The maximum atomic E-state index is 13.7. The van der Waals surface area contributed by atoms with Crippen molar-refractivity contribution in [2.45, 2.75) is 43.9 Å². The van der Waals surface area contributed by atoms with Gasteiger partial charge in [-0.2, -0.15) is 4.31 Å². The summed E-state index contributed by atoms with van der Waals surface area (Å²) in [5, 5.41) is -0.765. The van der Waals surface area contributed by atoms with E-state index in [2.05, 4.69) is 0 Å². The highest BCUT2D eigenvalue weighted by molar-refractivity contribution is 7.92. The van der Waals surface area contributed by atoms with Crippen molar-refractivity contribution in [2.24, 2.45) is 0 Å². The third kappa shape index (κ3) is 2.79. The Hall–Kier alpha value is -0.990. The molecule has 2 atom stereocenters. The van der Waals surface area contributed by atoms with Crippen molar-refractivity contribution in [3.63, 3.8) is 0 Å². The first-order valence-electron chi connectivity index (χ1n) is 6.98. The molecule has 0 aromatic heterocycles. The molecule has 1 aliphatic rings. The second-order valence-electron chi connectivity index (χ2n) is 5.80. The summed E-state index contributed by atoms with van der Waals surface area (Å²) in [4.78, 5) is 0.00208. The van der Waals surface area contributed by atoms with Crippen LogP contribution < -0.4 is 0 Å². The van der Waals surface area contributed by atoms with Gasteiger partial charge in [-0.15, -0.1) is 0 Å². The summed E-state index contributed by atoms with van der Waals surface area (Å²) < 4.78 is 64.2. The lowest BCUT2D eigenvalue weighted by Gasteiger charge is -2.36. The van der Waals surface area contributed by atoms with Gasteiger partial charge in [0.1, 0.15) is 5.82 Å². The van der Waals surface area contributed by atoms with Crippen molar-refractivity contribution < 1.29 is 21.2 Å². The van der Waals surface area contributed by atoms with Crippen molar-refractivity contribution in [1.29, 1.82) is 0 Å². The first-order chi connectivity index (χ1) is 9.98. The van der Waals surface area contributed by atoms with Gasteiger partial charge in [-0.1, -0.05) is 0 Å². The van der Waals surface area contributed by atoms with Crippen molar-refractivity contribution in [3.05, 3.63) is 29.1 Å². The Bertz CT molecular complexity index is 779. The van der Waals surface area contributed by atoms with Crippen LogP contribution in [0.2, 0.25) is 0 Å². The smallest absolute Gasteiger partial charge is 0.228 e. The Morgan fingerprint density at radius 1 is 1.18 bits per heavy atom. The number of aryl methyl sites for hydroxylation is 2. The predicted molar refractivity (Wildman–Crippen MR) is 82.5 cm³/mol. The zero-order valence-corrected chi connectivity index (χ0v) is 14.6. The number of benzene rings is 1. The van der Waals surface area contributed by atoms with Gasteiger partial charge in [-0.05, 0) is 51.0 Å². The summed E-state index contributed by atoms with van der Waals surface area (Å²) in [5.41, 5.74) is 0.507. The van der Waals surface area contributed by atoms with Crippen LogP contribution in [0.5, 0.6) is 0 Å². The molecule has 5 nitrogen and oxygen atoms in total. The van der Waals surface area contributed by atoms with Crippen LogP contribution in [-0.2, 0) is 19.9 Å². The minimum absolute atomic E-state index is 0.00208. The lowest BCUT2D eigenvalue weighted by atomic mass is 10.1. The van der Waals surface area contributed by atoms with Gasteiger partial charge in [0.2, 0.25) is 10.0 Å². The molecule has 1 aromatic rings. The zero-order valence-electron chi connectivity index (χ0n) is 13.0. The molecule has 22 heavy (non-hydrogen) atoms. The number of nitrogens with zero attached hydrogens (tertiary/aromatic N) is 1. The minimum Gasteiger partial charge on any atom is -0.228 e. The minimum atomic E-state index is -3.85.